The molecule has 0 spiro atoms. The van der Waals surface area contributed by atoms with Crippen LogP contribution in [0.1, 0.15) is 128 Å². The van der Waals surface area contributed by atoms with Gasteiger partial charge in [0.15, 0.2) is 0 Å². The monoisotopic (exact) mass is 1140 g/mol. The maximum absolute atomic E-state index is 10.5. The summed E-state index contributed by atoms with van der Waals surface area (Å²) in [7, 11) is -1.83. The average molecular weight is 1140 g/mol. The molecule has 79 heavy (non-hydrogen) atoms. The number of thioether (sulfide) groups is 2. The van der Waals surface area contributed by atoms with Gasteiger partial charge in [-0.25, -0.2) is 0 Å². The molecule has 2 aliphatic heterocycles. The van der Waals surface area contributed by atoms with E-state index in [-0.39, 0.29) is 10.3 Å². The number of nitrogens with zero attached hydrogens (tertiary/aromatic N) is 2. The van der Waals surface area contributed by atoms with E-state index in [9.17, 15) is 8.42 Å². The summed E-state index contributed by atoms with van der Waals surface area (Å²) in [6.45, 7) is 25.8. The smallest absolute Gasteiger partial charge is 0.294 e. The lowest BCUT2D eigenvalue weighted by Crippen LogP contribution is -2.20. The number of fused-ring (bicyclic) bond motifs is 4. The molecule has 2 aromatic heterocycles. The molecule has 7 aromatic rings. The summed E-state index contributed by atoms with van der Waals surface area (Å²) < 4.78 is 32.4. The molecule has 5 nitrogen and oxygen atoms in total. The van der Waals surface area contributed by atoms with Crippen LogP contribution in [0.5, 0.6) is 0 Å². The van der Waals surface area contributed by atoms with Crippen LogP contribution in [0, 0.1) is 52.9 Å². The number of hydrogen-bond acceptors (Lipinski definition) is 8. The fourth-order valence-electron chi connectivity index (χ4n) is 11.2. The molecule has 1 unspecified atom stereocenters. The lowest BCUT2D eigenvalue weighted by molar-refractivity contribution is 0.356. The first-order valence-electron chi connectivity index (χ1n) is 28.0. The minimum atomic E-state index is -4.02. The molecule has 0 radical (unpaired) electrons. The SMILES string of the molecule is CCCCCN1C(=CC2=CC(=Cc3sc4cc(C)ccc4c3CC)CC(C)(C)C2)Sc2cc(C)ccc21.Cc1ccc(S(=O)(=O)O)cc1.Cc1ccc2c(c1)SC(=CC1=CC(=Cc3sc4cc(C)ccc4c3C)CC(C)C1)N2C. The highest BCUT2D eigenvalue weighted by Gasteiger charge is 2.30. The Kier molecular flexibility index (Phi) is 18.3. The minimum Gasteiger partial charge on any atom is -0.338 e. The third-order valence-electron chi connectivity index (χ3n) is 15.2. The molecular weight excluding hydrogens is 1070 g/mol. The van der Waals surface area contributed by atoms with Gasteiger partial charge in [-0.2, -0.15) is 8.42 Å². The van der Waals surface area contributed by atoms with Gasteiger partial charge in [-0.3, -0.25) is 4.55 Å². The van der Waals surface area contributed by atoms with E-state index in [0.717, 1.165) is 44.2 Å². The molecule has 0 saturated heterocycles. The van der Waals surface area contributed by atoms with E-state index in [1.54, 1.807) is 12.1 Å². The second-order valence-electron chi connectivity index (χ2n) is 23.1. The lowest BCUT2D eigenvalue weighted by Gasteiger charge is -2.31. The van der Waals surface area contributed by atoms with Crippen molar-refractivity contribution in [3.8, 4) is 0 Å². The fraction of sp³-hybridized carbons (Fsp3) is 0.333. The van der Waals surface area contributed by atoms with Crippen molar-refractivity contribution in [3.05, 3.63) is 202 Å². The number of allylic oxidation sites excluding steroid dienone is 8. The van der Waals surface area contributed by atoms with Crippen LogP contribution in [0.4, 0.5) is 11.4 Å². The number of unbranched alkanes of at least 4 members (excludes halogenated alkanes) is 2. The Bertz CT molecular complexity index is 3730. The van der Waals surface area contributed by atoms with Crippen LogP contribution < -0.4 is 9.80 Å². The van der Waals surface area contributed by atoms with Gasteiger partial charge in [0.2, 0.25) is 0 Å². The van der Waals surface area contributed by atoms with Crippen molar-refractivity contribution in [2.24, 2.45) is 11.3 Å². The van der Waals surface area contributed by atoms with Crippen molar-refractivity contribution >= 4 is 100 Å². The maximum atomic E-state index is 10.5. The van der Waals surface area contributed by atoms with Crippen molar-refractivity contribution in [2.45, 2.75) is 142 Å². The van der Waals surface area contributed by atoms with Gasteiger partial charge in [0, 0.05) is 42.5 Å². The van der Waals surface area contributed by atoms with E-state index in [4.69, 9.17) is 4.55 Å². The zero-order chi connectivity index (χ0) is 56.3. The second kappa shape index (κ2) is 24.8. The minimum absolute atomic E-state index is 0.0666. The van der Waals surface area contributed by atoms with Gasteiger partial charge in [-0.05, 0) is 231 Å². The average Bonchev–Trinajstić information content (AvgIpc) is 4.24. The first-order chi connectivity index (χ1) is 37.6. The van der Waals surface area contributed by atoms with E-state index in [1.807, 2.05) is 53.1 Å². The lowest BCUT2D eigenvalue weighted by atomic mass is 9.75. The van der Waals surface area contributed by atoms with E-state index in [0.29, 0.717) is 5.92 Å². The summed E-state index contributed by atoms with van der Waals surface area (Å²) in [5, 5.41) is 5.56. The van der Waals surface area contributed by atoms with Gasteiger partial charge in [0.25, 0.3) is 10.1 Å². The molecule has 0 saturated carbocycles. The van der Waals surface area contributed by atoms with Crippen LogP contribution in [0.25, 0.3) is 32.3 Å². The van der Waals surface area contributed by atoms with Crippen LogP contribution in [0.3, 0.4) is 0 Å². The Balaban J connectivity index is 0.000000162. The third kappa shape index (κ3) is 14.2. The highest BCUT2D eigenvalue weighted by atomic mass is 32.2. The van der Waals surface area contributed by atoms with Crippen molar-refractivity contribution < 1.29 is 13.0 Å². The highest BCUT2D eigenvalue weighted by molar-refractivity contribution is 8.04. The summed E-state index contributed by atoms with van der Waals surface area (Å²) in [6.07, 6.45) is 24.2. The largest absolute Gasteiger partial charge is 0.338 e. The zero-order valence-electron chi connectivity index (χ0n) is 48.3. The Hall–Kier alpha value is -5.33. The van der Waals surface area contributed by atoms with Crippen molar-refractivity contribution in [1.29, 1.82) is 0 Å². The molecule has 2 aliphatic carbocycles. The van der Waals surface area contributed by atoms with E-state index >= 15 is 0 Å². The molecule has 0 amide bonds. The molecule has 4 heterocycles. The number of anilines is 2. The molecule has 0 fully saturated rings. The van der Waals surface area contributed by atoms with Gasteiger partial charge in [-0.1, -0.05) is 137 Å². The summed E-state index contributed by atoms with van der Waals surface area (Å²) in [6, 6.07) is 33.4. The quantitative estimate of drug-likeness (QED) is 0.108. The van der Waals surface area contributed by atoms with Crippen LogP contribution in [0.2, 0.25) is 0 Å². The second-order valence-corrected chi connectivity index (χ2v) is 28.8. The summed E-state index contributed by atoms with van der Waals surface area (Å²) >= 11 is 7.74. The number of thiophene rings is 2. The van der Waals surface area contributed by atoms with Crippen molar-refractivity contribution in [2.75, 3.05) is 23.4 Å². The first-order valence-corrected chi connectivity index (χ1v) is 32.7. The van der Waals surface area contributed by atoms with Crippen LogP contribution in [-0.2, 0) is 16.5 Å². The number of hydrogen-bond donors (Lipinski definition) is 1. The highest BCUT2D eigenvalue weighted by Crippen LogP contribution is 2.50. The summed E-state index contributed by atoms with van der Waals surface area (Å²) in [4.78, 5) is 10.5. The Labute approximate surface area is 488 Å². The predicted octanol–water partition coefficient (Wildman–Crippen LogP) is 20.7. The summed E-state index contributed by atoms with van der Waals surface area (Å²) in [5.41, 5.74) is 18.0. The Morgan fingerprint density at radius 3 is 1.85 bits per heavy atom. The number of benzene rings is 5. The van der Waals surface area contributed by atoms with Gasteiger partial charge in [0.1, 0.15) is 0 Å². The molecule has 1 N–H and O–H groups in total. The van der Waals surface area contributed by atoms with Crippen molar-refractivity contribution in [1.82, 2.24) is 0 Å². The van der Waals surface area contributed by atoms with E-state index in [1.165, 1.54) is 148 Å². The Morgan fingerprint density at radius 1 is 0.620 bits per heavy atom. The first kappa shape index (κ1) is 58.3. The van der Waals surface area contributed by atoms with Crippen LogP contribution in [0.15, 0.2) is 168 Å². The zero-order valence-corrected chi connectivity index (χ0v) is 52.4. The van der Waals surface area contributed by atoms with Crippen LogP contribution >= 0.6 is 46.2 Å². The number of rotatable bonds is 10. The van der Waals surface area contributed by atoms with Crippen molar-refractivity contribution in [3.63, 3.8) is 0 Å². The van der Waals surface area contributed by atoms with Crippen LogP contribution in [-0.4, -0.2) is 26.6 Å². The Morgan fingerprint density at radius 2 is 1.18 bits per heavy atom. The standard InChI is InChI=1S/C34H41NS2.C28H29NS2.C7H8O3S/c1-7-9-10-15-35-29-14-12-24(4)17-32(29)37-33(35)20-26-18-25(21-34(5,6)22-26)19-31-27(8-2)28-13-11-23(3)16-30(28)36-31;1-17-6-8-23-20(4)25(30-26(23)12-17)15-21-10-19(3)11-22(14-21)16-28-29(5)24-9-7-18(2)13-27(24)31-28;1-6-2-4-7(5-3-6)11(8,9)10/h11-14,16-20H,7-10,15,21-22H2,1-6H3;6-9,12-16,19H,10-11H2,1-5H3;2-5H,1H3,(H,8,9,10). The van der Waals surface area contributed by atoms with E-state index < -0.39 is 10.1 Å². The molecule has 10 heteroatoms. The number of aryl methyl sites for hydroxylation is 7. The molecular formula is C69H78N2O3S5. The molecule has 0 bridgehead atoms. The molecule has 5 aromatic carbocycles. The topological polar surface area (TPSA) is 60.9 Å². The van der Waals surface area contributed by atoms with Gasteiger partial charge in [-0.15, -0.1) is 22.7 Å². The third-order valence-corrected chi connectivity index (χ3v) is 20.7. The van der Waals surface area contributed by atoms with Gasteiger partial charge >= 0.3 is 0 Å². The van der Waals surface area contributed by atoms with Gasteiger partial charge in [0.05, 0.1) is 26.3 Å². The molecule has 412 valence electrons. The molecule has 1 atom stereocenters. The normalized spacial score (nSPS) is 18.9. The molecule has 11 rings (SSSR count). The molecule has 4 aliphatic rings. The summed E-state index contributed by atoms with van der Waals surface area (Å²) in [5.74, 6) is 0.668. The van der Waals surface area contributed by atoms with Gasteiger partial charge < -0.3 is 9.80 Å². The maximum Gasteiger partial charge on any atom is 0.294 e. The van der Waals surface area contributed by atoms with E-state index in [2.05, 4.69) is 195 Å². The predicted molar refractivity (Wildman–Crippen MR) is 347 cm³/mol. The fourth-order valence-corrected chi connectivity index (χ4v) is 16.8.